The van der Waals surface area contributed by atoms with Gasteiger partial charge in [-0.2, -0.15) is 4.98 Å². The van der Waals surface area contributed by atoms with Gasteiger partial charge >= 0.3 is 0 Å². The number of benzene rings is 1. The SMILES string of the molecule is COc1cccc(CCC(=O)N2CCC[C@H](c3nc(C)ncc3-c3noc(C)n3)C2)c1. The van der Waals surface area contributed by atoms with Crippen molar-refractivity contribution in [3.8, 4) is 17.1 Å². The fourth-order valence-corrected chi connectivity index (χ4v) is 4.04. The summed E-state index contributed by atoms with van der Waals surface area (Å²) in [6, 6.07) is 7.87. The van der Waals surface area contributed by atoms with Crippen molar-refractivity contribution in [1.82, 2.24) is 25.0 Å². The Morgan fingerprint density at radius 3 is 2.94 bits per heavy atom. The zero-order valence-corrected chi connectivity index (χ0v) is 18.2. The van der Waals surface area contributed by atoms with Crippen LogP contribution in [0.5, 0.6) is 5.75 Å². The van der Waals surface area contributed by atoms with Gasteiger partial charge in [-0.25, -0.2) is 9.97 Å². The molecule has 1 saturated heterocycles. The molecule has 0 unspecified atom stereocenters. The number of aryl methyl sites for hydroxylation is 3. The number of hydrogen-bond donors (Lipinski definition) is 0. The van der Waals surface area contributed by atoms with Gasteiger partial charge in [0.25, 0.3) is 0 Å². The summed E-state index contributed by atoms with van der Waals surface area (Å²) in [7, 11) is 1.65. The summed E-state index contributed by atoms with van der Waals surface area (Å²) in [6.45, 7) is 5.04. The first-order chi connectivity index (χ1) is 15.0. The fraction of sp³-hybridized carbons (Fsp3) is 0.435. The van der Waals surface area contributed by atoms with Gasteiger partial charge in [0, 0.05) is 38.5 Å². The van der Waals surface area contributed by atoms with Crippen LogP contribution < -0.4 is 4.74 Å². The normalized spacial score (nSPS) is 16.4. The molecule has 1 aliphatic heterocycles. The molecule has 0 saturated carbocycles. The standard InChI is InChI=1S/C23H27N5O3/c1-15-24-13-20(23-26-16(2)31-27-23)22(25-15)18-7-5-11-28(14-18)21(29)10-9-17-6-4-8-19(12-17)30-3/h4,6,8,12-13,18H,5,7,9-11,14H2,1-3H3/t18-/m0/s1. The number of nitrogens with zero attached hydrogens (tertiary/aromatic N) is 5. The maximum atomic E-state index is 13.0. The first-order valence-electron chi connectivity index (χ1n) is 10.6. The summed E-state index contributed by atoms with van der Waals surface area (Å²) in [5, 5.41) is 4.05. The Labute approximate surface area is 181 Å². The number of methoxy groups -OCH3 is 1. The van der Waals surface area contributed by atoms with E-state index >= 15 is 0 Å². The van der Waals surface area contributed by atoms with Gasteiger partial charge in [-0.15, -0.1) is 0 Å². The lowest BCUT2D eigenvalue weighted by atomic mass is 9.91. The number of rotatable bonds is 6. The molecule has 2 aromatic heterocycles. The molecule has 0 N–H and O–H groups in total. The van der Waals surface area contributed by atoms with E-state index < -0.39 is 0 Å². The predicted octanol–water partition coefficient (Wildman–Crippen LogP) is 3.49. The molecule has 1 aromatic carbocycles. The summed E-state index contributed by atoms with van der Waals surface area (Å²) >= 11 is 0. The van der Waals surface area contributed by atoms with Crippen molar-refractivity contribution >= 4 is 5.91 Å². The highest BCUT2D eigenvalue weighted by molar-refractivity contribution is 5.76. The zero-order chi connectivity index (χ0) is 21.8. The van der Waals surface area contributed by atoms with E-state index in [2.05, 4.69) is 15.1 Å². The first kappa shape index (κ1) is 21.0. The number of ether oxygens (including phenoxy) is 1. The molecule has 8 heteroatoms. The van der Waals surface area contributed by atoms with Crippen molar-refractivity contribution in [3.05, 3.63) is 53.4 Å². The van der Waals surface area contributed by atoms with Gasteiger partial charge in [0.15, 0.2) is 0 Å². The molecule has 8 nitrogen and oxygen atoms in total. The highest BCUT2D eigenvalue weighted by Crippen LogP contribution is 2.32. The first-order valence-corrected chi connectivity index (χ1v) is 10.6. The van der Waals surface area contributed by atoms with Crippen molar-refractivity contribution in [1.29, 1.82) is 0 Å². The van der Waals surface area contributed by atoms with E-state index in [1.807, 2.05) is 36.1 Å². The van der Waals surface area contributed by atoms with Crippen LogP contribution in [-0.4, -0.2) is 51.1 Å². The topological polar surface area (TPSA) is 94.2 Å². The van der Waals surface area contributed by atoms with Gasteiger partial charge in [0.1, 0.15) is 11.6 Å². The van der Waals surface area contributed by atoms with Crippen molar-refractivity contribution in [3.63, 3.8) is 0 Å². The summed E-state index contributed by atoms with van der Waals surface area (Å²) < 4.78 is 10.4. The maximum Gasteiger partial charge on any atom is 0.223 e. The summed E-state index contributed by atoms with van der Waals surface area (Å²) in [4.78, 5) is 28.3. The second-order valence-electron chi connectivity index (χ2n) is 7.88. The van der Waals surface area contributed by atoms with Gasteiger partial charge in [-0.3, -0.25) is 4.79 Å². The van der Waals surface area contributed by atoms with Crippen LogP contribution >= 0.6 is 0 Å². The second-order valence-corrected chi connectivity index (χ2v) is 7.88. The van der Waals surface area contributed by atoms with Gasteiger partial charge in [0.2, 0.25) is 17.6 Å². The molecule has 3 aromatic rings. The van der Waals surface area contributed by atoms with E-state index in [0.29, 0.717) is 36.9 Å². The average molecular weight is 422 g/mol. The summed E-state index contributed by atoms with van der Waals surface area (Å²) in [6.07, 6.45) is 4.81. The average Bonchev–Trinajstić information content (AvgIpc) is 3.23. The van der Waals surface area contributed by atoms with E-state index in [0.717, 1.165) is 42.0 Å². The number of likely N-dealkylation sites (tertiary alicyclic amines) is 1. The lowest BCUT2D eigenvalue weighted by Crippen LogP contribution is -2.39. The van der Waals surface area contributed by atoms with Crippen molar-refractivity contribution in [2.75, 3.05) is 20.2 Å². The van der Waals surface area contributed by atoms with Crippen LogP contribution in [0.2, 0.25) is 0 Å². The molecule has 0 bridgehead atoms. The Morgan fingerprint density at radius 1 is 1.29 bits per heavy atom. The minimum atomic E-state index is 0.116. The van der Waals surface area contributed by atoms with Crippen LogP contribution in [0.3, 0.4) is 0 Å². The van der Waals surface area contributed by atoms with Crippen LogP contribution in [0.15, 0.2) is 35.0 Å². The Kier molecular flexibility index (Phi) is 6.25. The summed E-state index contributed by atoms with van der Waals surface area (Å²) in [5.74, 6) is 2.78. The Hall–Kier alpha value is -3.29. The van der Waals surface area contributed by atoms with Gasteiger partial charge in [-0.1, -0.05) is 17.3 Å². The number of amides is 1. The minimum Gasteiger partial charge on any atom is -0.497 e. The Morgan fingerprint density at radius 2 is 2.16 bits per heavy atom. The van der Waals surface area contributed by atoms with E-state index in [4.69, 9.17) is 14.2 Å². The molecule has 0 spiro atoms. The molecule has 162 valence electrons. The number of piperidine rings is 1. The molecule has 31 heavy (non-hydrogen) atoms. The molecule has 1 atom stereocenters. The van der Waals surface area contributed by atoms with Crippen LogP contribution in [0.25, 0.3) is 11.4 Å². The quantitative estimate of drug-likeness (QED) is 0.601. The van der Waals surface area contributed by atoms with Crippen LogP contribution in [-0.2, 0) is 11.2 Å². The highest BCUT2D eigenvalue weighted by atomic mass is 16.5. The van der Waals surface area contributed by atoms with E-state index in [-0.39, 0.29) is 11.8 Å². The van der Waals surface area contributed by atoms with E-state index in [1.54, 1.807) is 20.2 Å². The molecule has 1 fully saturated rings. The minimum absolute atomic E-state index is 0.116. The van der Waals surface area contributed by atoms with Crippen molar-refractivity contribution in [2.24, 2.45) is 0 Å². The third-order valence-electron chi connectivity index (χ3n) is 5.63. The third-order valence-corrected chi connectivity index (χ3v) is 5.63. The summed E-state index contributed by atoms with van der Waals surface area (Å²) in [5.41, 5.74) is 2.76. The number of carbonyl (C=O) groups is 1. The molecule has 4 rings (SSSR count). The smallest absolute Gasteiger partial charge is 0.223 e. The van der Waals surface area contributed by atoms with E-state index in [9.17, 15) is 4.79 Å². The Bertz CT molecular complexity index is 1060. The maximum absolute atomic E-state index is 13.0. The largest absolute Gasteiger partial charge is 0.497 e. The molecular weight excluding hydrogens is 394 g/mol. The highest BCUT2D eigenvalue weighted by Gasteiger charge is 2.28. The molecular formula is C23H27N5O3. The van der Waals surface area contributed by atoms with Crippen LogP contribution in [0, 0.1) is 13.8 Å². The molecule has 0 radical (unpaired) electrons. The lowest BCUT2D eigenvalue weighted by molar-refractivity contribution is -0.132. The number of hydrogen-bond acceptors (Lipinski definition) is 7. The molecule has 3 heterocycles. The number of aromatic nitrogens is 4. The molecule has 1 amide bonds. The molecule has 1 aliphatic rings. The van der Waals surface area contributed by atoms with Gasteiger partial charge in [-0.05, 0) is 43.9 Å². The second kappa shape index (κ2) is 9.24. The third kappa shape index (κ3) is 4.90. The fourth-order valence-electron chi connectivity index (χ4n) is 4.04. The van der Waals surface area contributed by atoms with Crippen LogP contribution in [0.4, 0.5) is 0 Å². The van der Waals surface area contributed by atoms with Crippen molar-refractivity contribution < 1.29 is 14.1 Å². The number of carbonyl (C=O) groups excluding carboxylic acids is 1. The molecule has 0 aliphatic carbocycles. The zero-order valence-electron chi connectivity index (χ0n) is 18.2. The van der Waals surface area contributed by atoms with Gasteiger partial charge < -0.3 is 14.2 Å². The Balaban J connectivity index is 1.47. The van der Waals surface area contributed by atoms with Crippen LogP contribution in [0.1, 0.15) is 48.2 Å². The monoisotopic (exact) mass is 421 g/mol. The van der Waals surface area contributed by atoms with Gasteiger partial charge in [0.05, 0.1) is 18.4 Å². The van der Waals surface area contributed by atoms with Crippen molar-refractivity contribution in [2.45, 2.75) is 45.4 Å². The predicted molar refractivity (Wildman–Crippen MR) is 115 cm³/mol. The van der Waals surface area contributed by atoms with E-state index in [1.165, 1.54) is 0 Å². The lowest BCUT2D eigenvalue weighted by Gasteiger charge is -2.33.